The van der Waals surface area contributed by atoms with Crippen LogP contribution in [-0.4, -0.2) is 95.9 Å². The third-order valence-electron chi connectivity index (χ3n) is 11.4. The van der Waals surface area contributed by atoms with Gasteiger partial charge < -0.3 is 35.3 Å². The number of alkyl halides is 1. The van der Waals surface area contributed by atoms with E-state index < -0.39 is 11.9 Å². The first-order valence-corrected chi connectivity index (χ1v) is 23.3. The molecule has 7 aromatic rings. The van der Waals surface area contributed by atoms with Crippen molar-refractivity contribution >= 4 is 80.9 Å². The molecule has 348 valence electrons. The van der Waals surface area contributed by atoms with Crippen molar-refractivity contribution in [1.29, 1.82) is 0 Å². The Bertz CT molecular complexity index is 2850. The fourth-order valence-electron chi connectivity index (χ4n) is 8.11. The van der Waals surface area contributed by atoms with Gasteiger partial charge in [-0.2, -0.15) is 9.97 Å². The number of carbonyl (C=O) groups excluding carboxylic acids is 3. The fourth-order valence-corrected chi connectivity index (χ4v) is 9.28. The number of hydrogen-bond donors (Lipinski definition) is 3. The van der Waals surface area contributed by atoms with Crippen LogP contribution in [0.5, 0.6) is 11.5 Å². The van der Waals surface area contributed by atoms with Gasteiger partial charge in [-0.3, -0.25) is 24.3 Å². The Kier molecular flexibility index (Phi) is 14.8. The van der Waals surface area contributed by atoms with Crippen LogP contribution in [0.4, 0.5) is 17.5 Å². The minimum atomic E-state index is -0.985. The summed E-state index contributed by atoms with van der Waals surface area (Å²) in [5.41, 5.74) is 12.1. The van der Waals surface area contributed by atoms with Gasteiger partial charge in [-0.15, -0.1) is 28.0 Å². The number of aromatic nitrogens is 8. The molecule has 1 aliphatic rings. The van der Waals surface area contributed by atoms with Crippen molar-refractivity contribution in [2.24, 2.45) is 0 Å². The van der Waals surface area contributed by atoms with Gasteiger partial charge in [0.2, 0.25) is 23.7 Å². The Morgan fingerprint density at radius 3 is 2.58 bits per heavy atom. The summed E-state index contributed by atoms with van der Waals surface area (Å²) in [6, 6.07) is 17.2. The quantitative estimate of drug-likeness (QED) is 0.0867. The molecule has 2 aromatic carbocycles. The van der Waals surface area contributed by atoms with Crippen molar-refractivity contribution in [3.05, 3.63) is 123 Å². The highest BCUT2D eigenvalue weighted by atomic mass is 35.5. The van der Waals surface area contributed by atoms with Gasteiger partial charge >= 0.3 is 0 Å². The van der Waals surface area contributed by atoms with E-state index in [9.17, 15) is 14.4 Å². The Balaban J connectivity index is 0.843. The van der Waals surface area contributed by atoms with Gasteiger partial charge in [0.25, 0.3) is 0 Å². The van der Waals surface area contributed by atoms with Crippen molar-refractivity contribution in [2.75, 3.05) is 48.2 Å². The van der Waals surface area contributed by atoms with E-state index in [1.807, 2.05) is 60.2 Å². The van der Waals surface area contributed by atoms with E-state index in [0.29, 0.717) is 84.4 Å². The molecule has 3 amide bonds. The van der Waals surface area contributed by atoms with E-state index >= 15 is 0 Å². The molecule has 0 radical (unpaired) electrons. The highest BCUT2D eigenvalue weighted by molar-refractivity contribution is 7.10. The zero-order chi connectivity index (χ0) is 47.0. The van der Waals surface area contributed by atoms with Crippen molar-refractivity contribution in [1.82, 2.24) is 50.1 Å². The molecule has 18 nitrogen and oxygen atoms in total. The van der Waals surface area contributed by atoms with Crippen LogP contribution < -0.4 is 35.6 Å². The molecule has 67 heavy (non-hydrogen) atoms. The fraction of sp³-hybridized carbons (Fsp3) is 0.326. The van der Waals surface area contributed by atoms with Gasteiger partial charge in [0.15, 0.2) is 17.0 Å². The average Bonchev–Trinajstić information content (AvgIpc) is 4.11. The third kappa shape index (κ3) is 10.9. The number of nitrogens with zero attached hydrogens (tertiary/aromatic N) is 10. The summed E-state index contributed by atoms with van der Waals surface area (Å²) in [5, 5.41) is 16.5. The smallest absolute Gasteiger partial charge is 0.248 e. The number of methoxy groups -OCH3 is 1. The third-order valence-corrected chi connectivity index (χ3v) is 12.9. The Morgan fingerprint density at radius 1 is 1.04 bits per heavy atom. The molecule has 4 N–H and O–H groups in total. The molecule has 1 fully saturated rings. The second-order valence-electron chi connectivity index (χ2n) is 16.0. The van der Waals surface area contributed by atoms with E-state index in [-0.39, 0.29) is 47.9 Å². The van der Waals surface area contributed by atoms with Crippen LogP contribution in [0.15, 0.2) is 84.8 Å². The average molecular weight is 967 g/mol. The number of imidazole rings is 1. The summed E-state index contributed by atoms with van der Waals surface area (Å²) in [7, 11) is 1.65. The largest absolute Gasteiger partial charge is 0.496 e. The second kappa shape index (κ2) is 21.2. The molecule has 0 bridgehead atoms. The van der Waals surface area contributed by atoms with Crippen LogP contribution in [0.1, 0.15) is 51.8 Å². The number of hydrogen-bond acceptors (Lipinski definition) is 14. The minimum absolute atomic E-state index is 0.00139. The van der Waals surface area contributed by atoms with E-state index in [1.165, 1.54) is 20.9 Å². The zero-order valence-corrected chi connectivity index (χ0v) is 39.4. The number of ether oxygens (including phenoxy) is 2. The van der Waals surface area contributed by atoms with Crippen molar-refractivity contribution in [3.8, 4) is 11.5 Å². The summed E-state index contributed by atoms with van der Waals surface area (Å²) in [6.45, 7) is 5.95. The minimum Gasteiger partial charge on any atom is -0.496 e. The maximum Gasteiger partial charge on any atom is 0.248 e. The van der Waals surface area contributed by atoms with E-state index in [1.54, 1.807) is 50.1 Å². The summed E-state index contributed by atoms with van der Waals surface area (Å²) in [5.74, 6) is 0.512. The van der Waals surface area contributed by atoms with Crippen molar-refractivity contribution in [2.45, 2.75) is 64.9 Å². The summed E-state index contributed by atoms with van der Waals surface area (Å²) in [4.78, 5) is 62.9. The number of aryl methyl sites for hydroxylation is 1. The molecule has 0 aliphatic carbocycles. The molecular formula is C46H49Cl2N13O5S. The molecule has 1 unspecified atom stereocenters. The van der Waals surface area contributed by atoms with Gasteiger partial charge in [0.1, 0.15) is 42.3 Å². The van der Waals surface area contributed by atoms with E-state index in [4.69, 9.17) is 38.4 Å². The molecule has 0 saturated carbocycles. The molecule has 0 spiro atoms. The van der Waals surface area contributed by atoms with Crippen molar-refractivity contribution < 1.29 is 23.9 Å². The molecule has 1 saturated heterocycles. The number of anilines is 3. The van der Waals surface area contributed by atoms with Crippen LogP contribution in [0.2, 0.25) is 5.02 Å². The van der Waals surface area contributed by atoms with Gasteiger partial charge in [0.05, 0.1) is 36.9 Å². The summed E-state index contributed by atoms with van der Waals surface area (Å²) < 4.78 is 14.9. The molecular weight excluding hydrogens is 918 g/mol. The molecule has 5 aromatic heterocycles. The topological polar surface area (TPSA) is 213 Å². The van der Waals surface area contributed by atoms with Crippen molar-refractivity contribution in [3.63, 3.8) is 0 Å². The van der Waals surface area contributed by atoms with Gasteiger partial charge in [0, 0.05) is 53.6 Å². The highest BCUT2D eigenvalue weighted by Crippen LogP contribution is 2.36. The number of halogens is 2. The van der Waals surface area contributed by atoms with Crippen LogP contribution in [0.25, 0.3) is 11.2 Å². The second-order valence-corrected chi connectivity index (χ2v) is 17.6. The predicted octanol–water partition coefficient (Wildman–Crippen LogP) is 5.82. The summed E-state index contributed by atoms with van der Waals surface area (Å²) in [6.07, 6.45) is 7.12. The maximum absolute atomic E-state index is 13.8. The first-order valence-electron chi connectivity index (χ1n) is 21.6. The van der Waals surface area contributed by atoms with Crippen LogP contribution in [0, 0.1) is 13.8 Å². The lowest BCUT2D eigenvalue weighted by atomic mass is 10.0. The number of nitrogens with one attached hydrogen (secondary N) is 2. The standard InChI is InChI=1S/C46H49Cl2N13O5S/c1-28-22-51-35(29(2)42(28)65-3)24-59-27-52-40-43(54-46(49)55-44(40)59)58-17-14-31(15-18-58)53-38(62)25-60-23-32(56-57-60)26-66-36-12-11-33(20-34(36)48)61(39(63)21-47)41(37-10-7-19-67-37)45(64)50-16-13-30-8-5-4-6-9-30/h4-12,19-20,22-23,27,31,41H,13-18,21,24-26H2,1-3H3,(H,50,64)(H,53,62)(H2,49,54,55). The van der Waals surface area contributed by atoms with Crippen LogP contribution in [0.3, 0.4) is 0 Å². The maximum atomic E-state index is 13.8. The zero-order valence-electron chi connectivity index (χ0n) is 37.1. The van der Waals surface area contributed by atoms with E-state index in [0.717, 1.165) is 28.1 Å². The first kappa shape index (κ1) is 46.7. The number of carbonyl (C=O) groups is 3. The molecule has 6 heterocycles. The Hall–Kier alpha value is -6.83. The SMILES string of the molecule is COc1c(C)cnc(Cn2cnc3c(N4CCC(NC(=O)Cn5cc(COc6ccc(N(C(=O)CCl)C(C(=O)NCCc7ccccc7)c7cccs7)cc6Cl)nn5)CC4)nc(N)nc32)c1C. The van der Waals surface area contributed by atoms with E-state index in [2.05, 4.69) is 45.8 Å². The number of rotatable bonds is 18. The number of piperidine rings is 1. The predicted molar refractivity (Wildman–Crippen MR) is 257 cm³/mol. The van der Waals surface area contributed by atoms with Gasteiger partial charge in [-0.05, 0) is 68.3 Å². The number of benzene rings is 2. The van der Waals surface area contributed by atoms with Gasteiger partial charge in [-0.25, -0.2) is 9.67 Å². The Morgan fingerprint density at radius 2 is 1.85 bits per heavy atom. The monoisotopic (exact) mass is 965 g/mol. The molecule has 1 atom stereocenters. The lowest BCUT2D eigenvalue weighted by Crippen LogP contribution is -2.46. The lowest BCUT2D eigenvalue weighted by molar-refractivity contribution is -0.125. The number of nitrogen functional groups attached to an aromatic ring is 1. The Labute approximate surface area is 400 Å². The van der Waals surface area contributed by atoms with Crippen LogP contribution >= 0.6 is 34.5 Å². The number of fused-ring (bicyclic) bond motifs is 1. The number of nitrogens with two attached hydrogens (primary N) is 1. The normalized spacial score (nSPS) is 13.4. The number of pyridine rings is 1. The summed E-state index contributed by atoms with van der Waals surface area (Å²) >= 11 is 14.2. The molecule has 8 rings (SSSR count). The van der Waals surface area contributed by atoms with Crippen LogP contribution in [-0.2, 0) is 40.5 Å². The number of thiophene rings is 1. The van der Waals surface area contributed by atoms with Gasteiger partial charge in [-0.1, -0.05) is 53.2 Å². The molecule has 1 aliphatic heterocycles. The number of amides is 3. The highest BCUT2D eigenvalue weighted by Gasteiger charge is 2.34. The lowest BCUT2D eigenvalue weighted by Gasteiger charge is -2.33. The first-order chi connectivity index (χ1) is 32.5. The molecule has 21 heteroatoms.